The number of unbranched alkanes of at least 4 members (excludes halogenated alkanes) is 13. The van der Waals surface area contributed by atoms with Crippen molar-refractivity contribution in [2.45, 2.75) is 110 Å². The van der Waals surface area contributed by atoms with E-state index in [-0.39, 0.29) is 6.61 Å². The van der Waals surface area contributed by atoms with Gasteiger partial charge in [-0.1, -0.05) is 96.8 Å². The first-order valence-corrected chi connectivity index (χ1v) is 9.91. The number of hydrogen-bond acceptors (Lipinski definition) is 2. The molecule has 0 aromatic heterocycles. The Morgan fingerprint density at radius 3 is 1.39 bits per heavy atom. The molecule has 0 spiro atoms. The highest BCUT2D eigenvalue weighted by Gasteiger charge is 2.31. The van der Waals surface area contributed by atoms with Crippen molar-refractivity contribution in [3.8, 4) is 0 Å². The standard InChI is InChI=1S/C20H40O3/c1-3-4-5-6-7-8-9-10-11-12-13-14-15-16-17-20(2,18-21)19(22)23/h21H,3-18H2,1-2H3,(H,22,23). The molecule has 0 fully saturated rings. The first kappa shape index (κ1) is 22.4. The minimum absolute atomic E-state index is 0.263. The van der Waals surface area contributed by atoms with Gasteiger partial charge in [-0.05, 0) is 13.3 Å². The van der Waals surface area contributed by atoms with Crippen LogP contribution in [0.3, 0.4) is 0 Å². The van der Waals surface area contributed by atoms with Gasteiger partial charge >= 0.3 is 5.97 Å². The fourth-order valence-electron chi connectivity index (χ4n) is 2.96. The third kappa shape index (κ3) is 12.5. The highest BCUT2D eigenvalue weighted by Crippen LogP contribution is 2.24. The third-order valence-corrected chi connectivity index (χ3v) is 4.95. The molecule has 0 aromatic carbocycles. The summed E-state index contributed by atoms with van der Waals surface area (Å²) in [5.74, 6) is -0.880. The average molecular weight is 329 g/mol. The molecule has 0 saturated heterocycles. The summed E-state index contributed by atoms with van der Waals surface area (Å²) in [7, 11) is 0. The molecule has 138 valence electrons. The van der Waals surface area contributed by atoms with E-state index in [2.05, 4.69) is 6.92 Å². The van der Waals surface area contributed by atoms with Gasteiger partial charge in [0.25, 0.3) is 0 Å². The van der Waals surface area contributed by atoms with Crippen LogP contribution in [0.25, 0.3) is 0 Å². The number of carbonyl (C=O) groups is 1. The van der Waals surface area contributed by atoms with Gasteiger partial charge in [0.05, 0.1) is 12.0 Å². The van der Waals surface area contributed by atoms with Gasteiger partial charge in [0, 0.05) is 0 Å². The Morgan fingerprint density at radius 1 is 0.739 bits per heavy atom. The van der Waals surface area contributed by atoms with Crippen molar-refractivity contribution in [2.24, 2.45) is 5.41 Å². The summed E-state index contributed by atoms with van der Waals surface area (Å²) < 4.78 is 0. The molecule has 1 unspecified atom stereocenters. The van der Waals surface area contributed by atoms with Crippen molar-refractivity contribution >= 4 is 5.97 Å². The zero-order chi connectivity index (χ0) is 17.4. The second kappa shape index (κ2) is 15.0. The third-order valence-electron chi connectivity index (χ3n) is 4.95. The molecular formula is C20H40O3. The van der Waals surface area contributed by atoms with Crippen molar-refractivity contribution in [2.75, 3.05) is 6.61 Å². The van der Waals surface area contributed by atoms with Crippen LogP contribution < -0.4 is 0 Å². The lowest BCUT2D eigenvalue weighted by atomic mass is 9.85. The van der Waals surface area contributed by atoms with Crippen LogP contribution >= 0.6 is 0 Å². The number of carboxylic acid groups (broad SMARTS) is 1. The summed E-state index contributed by atoms with van der Waals surface area (Å²) >= 11 is 0. The van der Waals surface area contributed by atoms with Crippen molar-refractivity contribution in [1.82, 2.24) is 0 Å². The largest absolute Gasteiger partial charge is 0.481 e. The summed E-state index contributed by atoms with van der Waals surface area (Å²) in [6, 6.07) is 0. The number of aliphatic carboxylic acids is 1. The van der Waals surface area contributed by atoms with E-state index >= 15 is 0 Å². The van der Waals surface area contributed by atoms with E-state index in [1.165, 1.54) is 77.0 Å². The molecule has 0 aliphatic carbocycles. The Hall–Kier alpha value is -0.570. The van der Waals surface area contributed by atoms with Gasteiger partial charge in [-0.25, -0.2) is 0 Å². The molecule has 0 radical (unpaired) electrons. The summed E-state index contributed by atoms with van der Waals surface area (Å²) in [5, 5.41) is 18.3. The monoisotopic (exact) mass is 328 g/mol. The number of rotatable bonds is 17. The van der Waals surface area contributed by atoms with Gasteiger partial charge in [0.15, 0.2) is 0 Å². The second-order valence-corrected chi connectivity index (χ2v) is 7.37. The lowest BCUT2D eigenvalue weighted by Gasteiger charge is -2.21. The van der Waals surface area contributed by atoms with E-state index in [0.29, 0.717) is 6.42 Å². The lowest BCUT2D eigenvalue weighted by molar-refractivity contribution is -0.150. The van der Waals surface area contributed by atoms with E-state index in [4.69, 9.17) is 5.11 Å². The normalized spacial score (nSPS) is 13.9. The maximum atomic E-state index is 11.1. The molecule has 1 atom stereocenters. The molecule has 0 saturated carbocycles. The van der Waals surface area contributed by atoms with E-state index in [1.54, 1.807) is 6.92 Å². The van der Waals surface area contributed by atoms with Crippen LogP contribution in [0.15, 0.2) is 0 Å². The fourth-order valence-corrected chi connectivity index (χ4v) is 2.96. The van der Waals surface area contributed by atoms with Gasteiger partial charge in [0.2, 0.25) is 0 Å². The first-order chi connectivity index (χ1) is 11.1. The van der Waals surface area contributed by atoms with Gasteiger partial charge in [0.1, 0.15) is 0 Å². The predicted octanol–water partition coefficient (Wildman–Crippen LogP) is 5.94. The van der Waals surface area contributed by atoms with Crippen molar-refractivity contribution in [3.05, 3.63) is 0 Å². The lowest BCUT2D eigenvalue weighted by Crippen LogP contribution is -2.31. The molecular weight excluding hydrogens is 288 g/mol. The molecule has 23 heavy (non-hydrogen) atoms. The minimum atomic E-state index is -0.947. The topological polar surface area (TPSA) is 57.5 Å². The predicted molar refractivity (Wildman–Crippen MR) is 97.8 cm³/mol. The van der Waals surface area contributed by atoms with Gasteiger partial charge in [-0.15, -0.1) is 0 Å². The number of aliphatic hydroxyl groups excluding tert-OH is 1. The molecule has 3 nitrogen and oxygen atoms in total. The number of hydrogen-bond donors (Lipinski definition) is 2. The highest BCUT2D eigenvalue weighted by molar-refractivity contribution is 5.74. The van der Waals surface area contributed by atoms with E-state index in [0.717, 1.165) is 12.8 Å². The molecule has 0 aromatic rings. The highest BCUT2D eigenvalue weighted by atomic mass is 16.4. The SMILES string of the molecule is CCCCCCCCCCCCCCCCC(C)(CO)C(=O)O. The molecule has 0 aliphatic heterocycles. The van der Waals surface area contributed by atoms with Crippen LogP contribution in [0.2, 0.25) is 0 Å². The Morgan fingerprint density at radius 2 is 1.09 bits per heavy atom. The molecule has 2 N–H and O–H groups in total. The van der Waals surface area contributed by atoms with Crippen LogP contribution in [0.4, 0.5) is 0 Å². The quantitative estimate of drug-likeness (QED) is 0.325. The minimum Gasteiger partial charge on any atom is -0.481 e. The first-order valence-electron chi connectivity index (χ1n) is 9.91. The summed E-state index contributed by atoms with van der Waals surface area (Å²) in [6.07, 6.45) is 18.8. The molecule has 3 heteroatoms. The second-order valence-electron chi connectivity index (χ2n) is 7.37. The van der Waals surface area contributed by atoms with E-state index < -0.39 is 11.4 Å². The van der Waals surface area contributed by atoms with Crippen LogP contribution in [0.1, 0.15) is 110 Å². The number of aliphatic hydroxyl groups is 1. The summed E-state index contributed by atoms with van der Waals surface area (Å²) in [5.41, 5.74) is -0.947. The fraction of sp³-hybridized carbons (Fsp3) is 0.950. The summed E-state index contributed by atoms with van der Waals surface area (Å²) in [6.45, 7) is 3.63. The summed E-state index contributed by atoms with van der Waals surface area (Å²) in [4.78, 5) is 11.1. The Labute approximate surface area is 143 Å². The average Bonchev–Trinajstić information content (AvgIpc) is 2.54. The maximum absolute atomic E-state index is 11.1. The van der Waals surface area contributed by atoms with Crippen molar-refractivity contribution in [3.63, 3.8) is 0 Å². The van der Waals surface area contributed by atoms with Crippen LogP contribution in [-0.4, -0.2) is 22.8 Å². The Balaban J connectivity index is 3.26. The molecule has 0 amide bonds. The van der Waals surface area contributed by atoms with E-state index in [1.807, 2.05) is 0 Å². The van der Waals surface area contributed by atoms with Crippen LogP contribution in [-0.2, 0) is 4.79 Å². The van der Waals surface area contributed by atoms with Crippen molar-refractivity contribution < 1.29 is 15.0 Å². The maximum Gasteiger partial charge on any atom is 0.311 e. The zero-order valence-electron chi connectivity index (χ0n) is 15.6. The van der Waals surface area contributed by atoms with E-state index in [9.17, 15) is 9.90 Å². The van der Waals surface area contributed by atoms with Crippen LogP contribution in [0.5, 0.6) is 0 Å². The van der Waals surface area contributed by atoms with Gasteiger partial charge in [-0.3, -0.25) is 4.79 Å². The smallest absolute Gasteiger partial charge is 0.311 e. The molecule has 0 rings (SSSR count). The Kier molecular flexibility index (Phi) is 14.6. The number of carboxylic acids is 1. The Bertz CT molecular complexity index is 278. The zero-order valence-corrected chi connectivity index (χ0v) is 15.6. The van der Waals surface area contributed by atoms with Crippen LogP contribution in [0, 0.1) is 5.41 Å². The molecule has 0 heterocycles. The van der Waals surface area contributed by atoms with Crippen molar-refractivity contribution in [1.29, 1.82) is 0 Å². The molecule has 0 aliphatic rings. The molecule has 0 bridgehead atoms. The van der Waals surface area contributed by atoms with Gasteiger partial charge < -0.3 is 10.2 Å². The van der Waals surface area contributed by atoms with Gasteiger partial charge in [-0.2, -0.15) is 0 Å².